The molecule has 0 aliphatic carbocycles. The molecule has 212 valence electrons. The van der Waals surface area contributed by atoms with Gasteiger partial charge in [-0.05, 0) is 24.6 Å². The number of hydrogen-bond acceptors (Lipinski definition) is 12. The molecule has 2 amide bonds. The Kier molecular flexibility index (Phi) is 8.68. The van der Waals surface area contributed by atoms with Crippen LogP contribution in [0.5, 0.6) is 0 Å². The van der Waals surface area contributed by atoms with Crippen LogP contribution in [0.1, 0.15) is 12.0 Å². The summed E-state index contributed by atoms with van der Waals surface area (Å²) in [4.78, 5) is 29.1. The first-order valence-electron chi connectivity index (χ1n) is 12.1. The highest BCUT2D eigenvalue weighted by molar-refractivity contribution is 6.15. The minimum atomic E-state index is -1.68. The van der Waals surface area contributed by atoms with Crippen molar-refractivity contribution in [3.05, 3.63) is 23.8 Å². The van der Waals surface area contributed by atoms with Crippen LogP contribution < -0.4 is 9.80 Å². The highest BCUT2D eigenvalue weighted by atomic mass is 16.6. The molecule has 4 rings (SSSR count). The van der Waals surface area contributed by atoms with Crippen molar-refractivity contribution in [2.45, 2.75) is 74.8 Å². The van der Waals surface area contributed by atoms with E-state index in [0.717, 1.165) is 5.56 Å². The lowest BCUT2D eigenvalue weighted by molar-refractivity contribution is -0.283. The van der Waals surface area contributed by atoms with Gasteiger partial charge in [-0.3, -0.25) is 9.59 Å². The van der Waals surface area contributed by atoms with Crippen LogP contribution in [0.15, 0.2) is 18.2 Å². The van der Waals surface area contributed by atoms with Gasteiger partial charge in [0.2, 0.25) is 11.8 Å². The molecule has 3 aliphatic heterocycles. The van der Waals surface area contributed by atoms with Gasteiger partial charge in [0.05, 0.1) is 24.5 Å². The van der Waals surface area contributed by atoms with Crippen LogP contribution in [0.4, 0.5) is 11.4 Å². The Hall–Kier alpha value is -2.24. The summed E-state index contributed by atoms with van der Waals surface area (Å²) in [6, 6.07) is 4.98. The Morgan fingerprint density at radius 2 is 1.21 bits per heavy atom. The van der Waals surface area contributed by atoms with E-state index >= 15 is 0 Å². The summed E-state index contributed by atoms with van der Waals surface area (Å²) in [6.45, 7) is 1.22. The Morgan fingerprint density at radius 1 is 0.763 bits per heavy atom. The van der Waals surface area contributed by atoms with Gasteiger partial charge in [-0.1, -0.05) is 6.07 Å². The topological polar surface area (TPSA) is 199 Å². The second kappa shape index (κ2) is 11.5. The summed E-state index contributed by atoms with van der Waals surface area (Å²) in [7, 11) is 2.51. The first-order chi connectivity index (χ1) is 18.0. The predicted octanol–water partition coefficient (Wildman–Crippen LogP) is -3.03. The minimum absolute atomic E-state index is 0.277. The highest BCUT2D eigenvalue weighted by Crippen LogP contribution is 2.37. The third-order valence-corrected chi connectivity index (χ3v) is 7.21. The lowest BCUT2D eigenvalue weighted by Gasteiger charge is -2.42. The van der Waals surface area contributed by atoms with Gasteiger partial charge < -0.3 is 59.4 Å². The van der Waals surface area contributed by atoms with Crippen molar-refractivity contribution in [1.29, 1.82) is 0 Å². The van der Waals surface area contributed by atoms with E-state index in [9.17, 15) is 40.2 Å². The van der Waals surface area contributed by atoms with E-state index in [4.69, 9.17) is 18.9 Å². The molecular formula is C24H34N2O12. The number of ether oxygens (including phenoxy) is 4. The normalized spacial score (nSPS) is 38.2. The number of carbonyl (C=O) groups is 2. The molecule has 0 saturated carbocycles. The van der Waals surface area contributed by atoms with Crippen LogP contribution in [-0.4, -0.2) is 131 Å². The lowest BCUT2D eigenvalue weighted by Crippen LogP contribution is -2.61. The summed E-state index contributed by atoms with van der Waals surface area (Å²) in [5.74, 6) is -1.24. The van der Waals surface area contributed by atoms with Gasteiger partial charge in [-0.25, -0.2) is 0 Å². The number of anilines is 2. The average Bonchev–Trinajstić information content (AvgIpc) is 2.96. The summed E-state index contributed by atoms with van der Waals surface area (Å²) < 4.78 is 21.0. The predicted molar refractivity (Wildman–Crippen MR) is 128 cm³/mol. The van der Waals surface area contributed by atoms with Crippen molar-refractivity contribution in [1.82, 2.24) is 0 Å². The van der Waals surface area contributed by atoms with Crippen molar-refractivity contribution < 1.29 is 59.2 Å². The number of hydrogen-bond donors (Lipinski definition) is 6. The summed E-state index contributed by atoms with van der Waals surface area (Å²) in [5.41, 5.74) is 1.32. The SMILES string of the molecule is CO[C@H]1[C@H](O)[C@@H](CN2C(=O)CC(=O)N(C[C@H]3OC(O)[C@H](O)[C@@H](OC)[C@@H]3O)c3cc(C)ccc32)OC(O)[C@@H]1O. The third-order valence-electron chi connectivity index (χ3n) is 7.21. The summed E-state index contributed by atoms with van der Waals surface area (Å²) >= 11 is 0. The number of methoxy groups -OCH3 is 2. The molecule has 0 bridgehead atoms. The number of amides is 2. The van der Waals surface area contributed by atoms with Crippen LogP contribution in [0, 0.1) is 6.92 Å². The summed E-state index contributed by atoms with van der Waals surface area (Å²) in [6.07, 6.45) is -14.5. The molecule has 0 radical (unpaired) electrons. The van der Waals surface area contributed by atoms with Crippen LogP contribution in [0.3, 0.4) is 0 Å². The first-order valence-corrected chi connectivity index (χ1v) is 12.1. The molecule has 2 fully saturated rings. The van der Waals surface area contributed by atoms with Crippen LogP contribution in [0.25, 0.3) is 0 Å². The number of carbonyl (C=O) groups excluding carboxylic acids is 2. The maximum atomic E-state index is 13.3. The fourth-order valence-electron chi connectivity index (χ4n) is 5.12. The molecule has 0 aromatic heterocycles. The molecule has 1 aromatic carbocycles. The Morgan fingerprint density at radius 3 is 1.66 bits per heavy atom. The molecule has 3 heterocycles. The molecule has 0 spiro atoms. The fraction of sp³-hybridized carbons (Fsp3) is 0.667. The van der Waals surface area contributed by atoms with Crippen molar-refractivity contribution in [2.24, 2.45) is 0 Å². The van der Waals surface area contributed by atoms with E-state index in [1.54, 1.807) is 25.1 Å². The largest absolute Gasteiger partial charge is 0.388 e. The standard InChI is InChI=1S/C24H34N2O12/c1-10-4-5-11-12(6-10)26(9-14-18(30)22(36-3)20(32)24(34)38-14)16(28)7-15(27)25(11)8-13-17(29)21(35-2)19(31)23(33)37-13/h4-6,13-14,17-24,29-34H,7-9H2,1-3H3/t13-,14-,17-,18-,19-,20-,21+,22+,23?,24?/m1/s1. The zero-order valence-corrected chi connectivity index (χ0v) is 21.2. The number of rotatable bonds is 6. The third kappa shape index (κ3) is 5.29. The van der Waals surface area contributed by atoms with E-state index in [1.807, 2.05) is 0 Å². The molecule has 14 heteroatoms. The number of aliphatic hydroxyl groups is 6. The van der Waals surface area contributed by atoms with Gasteiger partial charge in [0.1, 0.15) is 55.3 Å². The second-order valence-electron chi connectivity index (χ2n) is 9.67. The zero-order chi connectivity index (χ0) is 27.9. The Bertz CT molecular complexity index is 1030. The number of aryl methyl sites for hydroxylation is 1. The monoisotopic (exact) mass is 542 g/mol. The molecule has 2 saturated heterocycles. The quantitative estimate of drug-likeness (QED) is 0.199. The fourth-order valence-corrected chi connectivity index (χ4v) is 5.12. The van der Waals surface area contributed by atoms with E-state index in [2.05, 4.69) is 0 Å². The first kappa shape index (κ1) is 28.8. The van der Waals surface area contributed by atoms with Gasteiger partial charge in [-0.2, -0.15) is 0 Å². The minimum Gasteiger partial charge on any atom is -0.388 e. The zero-order valence-electron chi connectivity index (χ0n) is 21.2. The Balaban J connectivity index is 1.66. The molecular weight excluding hydrogens is 508 g/mol. The molecule has 14 nitrogen and oxygen atoms in total. The molecule has 6 N–H and O–H groups in total. The molecule has 3 aliphatic rings. The maximum absolute atomic E-state index is 13.3. The number of aliphatic hydroxyl groups excluding tert-OH is 6. The van der Waals surface area contributed by atoms with Crippen LogP contribution in [0.2, 0.25) is 0 Å². The Labute approximate surface area is 218 Å². The van der Waals surface area contributed by atoms with E-state index in [-0.39, 0.29) is 18.8 Å². The molecule has 10 atom stereocenters. The maximum Gasteiger partial charge on any atom is 0.236 e. The molecule has 38 heavy (non-hydrogen) atoms. The van der Waals surface area contributed by atoms with Gasteiger partial charge in [0.25, 0.3) is 0 Å². The van der Waals surface area contributed by atoms with Crippen LogP contribution >= 0.6 is 0 Å². The molecule has 2 unspecified atom stereocenters. The molecule has 1 aromatic rings. The average molecular weight is 543 g/mol. The van der Waals surface area contributed by atoms with E-state index in [0.29, 0.717) is 5.69 Å². The number of nitrogens with zero attached hydrogens (tertiary/aromatic N) is 2. The van der Waals surface area contributed by atoms with Gasteiger partial charge in [0, 0.05) is 14.2 Å². The lowest BCUT2D eigenvalue weighted by atomic mass is 9.97. The van der Waals surface area contributed by atoms with Gasteiger partial charge in [0.15, 0.2) is 12.6 Å². The summed E-state index contributed by atoms with van der Waals surface area (Å²) in [5, 5.41) is 61.8. The van der Waals surface area contributed by atoms with Crippen molar-refractivity contribution in [3.63, 3.8) is 0 Å². The van der Waals surface area contributed by atoms with Crippen molar-refractivity contribution >= 4 is 23.2 Å². The van der Waals surface area contributed by atoms with Gasteiger partial charge >= 0.3 is 0 Å². The second-order valence-corrected chi connectivity index (χ2v) is 9.67. The number of benzene rings is 1. The van der Waals surface area contributed by atoms with Crippen LogP contribution in [-0.2, 0) is 28.5 Å². The number of fused-ring (bicyclic) bond motifs is 1. The van der Waals surface area contributed by atoms with Gasteiger partial charge in [-0.15, -0.1) is 0 Å². The smallest absolute Gasteiger partial charge is 0.236 e. The highest BCUT2D eigenvalue weighted by Gasteiger charge is 2.48. The van der Waals surface area contributed by atoms with Crippen molar-refractivity contribution in [2.75, 3.05) is 37.1 Å². The van der Waals surface area contributed by atoms with E-state index < -0.39 is 79.6 Å². The van der Waals surface area contributed by atoms with E-state index in [1.165, 1.54) is 24.0 Å². The van der Waals surface area contributed by atoms with Crippen molar-refractivity contribution in [3.8, 4) is 0 Å².